The van der Waals surface area contributed by atoms with E-state index in [-0.39, 0.29) is 11.7 Å². The summed E-state index contributed by atoms with van der Waals surface area (Å²) >= 11 is 0. The Labute approximate surface area is 125 Å². The van der Waals surface area contributed by atoms with Gasteiger partial charge in [0.15, 0.2) is 0 Å². The van der Waals surface area contributed by atoms with Crippen LogP contribution < -0.4 is 5.32 Å². The maximum atomic E-state index is 11.1. The standard InChI is InChI=1S/C18H33NO/c1-15(2)11-9-7-6-8-10-14-19-17(4)13-12-16(3)18(5)20/h16,19H,1,4,6-14H2,2-3,5H3. The Morgan fingerprint density at radius 3 is 2.20 bits per heavy atom. The van der Waals surface area contributed by atoms with Crippen molar-refractivity contribution < 1.29 is 4.79 Å². The van der Waals surface area contributed by atoms with Crippen molar-refractivity contribution >= 4 is 5.78 Å². The lowest BCUT2D eigenvalue weighted by molar-refractivity contribution is -0.120. The third kappa shape index (κ3) is 12.0. The smallest absolute Gasteiger partial charge is 0.132 e. The van der Waals surface area contributed by atoms with Gasteiger partial charge in [0.2, 0.25) is 0 Å². The molecule has 1 N–H and O–H groups in total. The van der Waals surface area contributed by atoms with Gasteiger partial charge in [0.25, 0.3) is 0 Å². The van der Waals surface area contributed by atoms with Crippen LogP contribution in [0, 0.1) is 5.92 Å². The number of carbonyl (C=O) groups excluding carboxylic acids is 1. The second-order valence-electron chi connectivity index (χ2n) is 6.06. The molecule has 0 aromatic carbocycles. The molecule has 0 rings (SSSR count). The first-order valence-electron chi connectivity index (χ1n) is 8.00. The van der Waals surface area contributed by atoms with Crippen molar-refractivity contribution in [2.75, 3.05) is 6.54 Å². The van der Waals surface area contributed by atoms with Crippen molar-refractivity contribution in [3.63, 3.8) is 0 Å². The molecule has 0 heterocycles. The Kier molecular flexibility index (Phi) is 11.1. The van der Waals surface area contributed by atoms with E-state index in [0.29, 0.717) is 0 Å². The number of nitrogens with one attached hydrogen (secondary N) is 1. The van der Waals surface area contributed by atoms with Gasteiger partial charge < -0.3 is 5.32 Å². The van der Waals surface area contributed by atoms with Gasteiger partial charge in [-0.1, -0.05) is 38.3 Å². The zero-order valence-electron chi connectivity index (χ0n) is 13.8. The Balaban J connectivity index is 3.35. The molecule has 2 heteroatoms. The highest BCUT2D eigenvalue weighted by Gasteiger charge is 2.07. The van der Waals surface area contributed by atoms with Gasteiger partial charge in [0.1, 0.15) is 5.78 Å². The van der Waals surface area contributed by atoms with Gasteiger partial charge in [0, 0.05) is 18.2 Å². The average molecular weight is 279 g/mol. The summed E-state index contributed by atoms with van der Waals surface area (Å²) in [7, 11) is 0. The molecule has 0 saturated heterocycles. The van der Waals surface area contributed by atoms with Crippen LogP contribution in [0.15, 0.2) is 24.4 Å². The molecule has 1 atom stereocenters. The van der Waals surface area contributed by atoms with E-state index in [1.165, 1.54) is 44.1 Å². The van der Waals surface area contributed by atoms with Crippen LogP contribution in [0.1, 0.15) is 72.1 Å². The van der Waals surface area contributed by atoms with Gasteiger partial charge in [-0.15, -0.1) is 6.58 Å². The number of ketones is 1. The SMILES string of the molecule is C=C(C)CCCCCCCNC(=C)CCC(C)C(C)=O. The van der Waals surface area contributed by atoms with E-state index in [4.69, 9.17) is 0 Å². The highest BCUT2D eigenvalue weighted by atomic mass is 16.1. The number of carbonyl (C=O) groups is 1. The molecule has 0 spiro atoms. The first-order chi connectivity index (χ1) is 9.43. The Bertz CT molecular complexity index is 307. The molecule has 0 aliphatic carbocycles. The van der Waals surface area contributed by atoms with Crippen LogP contribution in [0.25, 0.3) is 0 Å². The highest BCUT2D eigenvalue weighted by molar-refractivity contribution is 5.77. The average Bonchev–Trinajstić information content (AvgIpc) is 2.38. The van der Waals surface area contributed by atoms with Crippen LogP contribution >= 0.6 is 0 Å². The summed E-state index contributed by atoms with van der Waals surface area (Å²) < 4.78 is 0. The minimum atomic E-state index is 0.155. The maximum absolute atomic E-state index is 11.1. The largest absolute Gasteiger partial charge is 0.389 e. The molecule has 0 aromatic heterocycles. The zero-order valence-corrected chi connectivity index (χ0v) is 13.8. The summed E-state index contributed by atoms with van der Waals surface area (Å²) in [5, 5.41) is 3.37. The van der Waals surface area contributed by atoms with Crippen molar-refractivity contribution in [1.82, 2.24) is 5.32 Å². The Morgan fingerprint density at radius 1 is 1.00 bits per heavy atom. The second kappa shape index (κ2) is 11.7. The Hall–Kier alpha value is -1.05. The van der Waals surface area contributed by atoms with Crippen LogP contribution in [0.2, 0.25) is 0 Å². The molecule has 0 fully saturated rings. The molecule has 0 bridgehead atoms. The Morgan fingerprint density at radius 2 is 1.60 bits per heavy atom. The number of hydrogen-bond acceptors (Lipinski definition) is 2. The quantitative estimate of drug-likeness (QED) is 0.379. The minimum Gasteiger partial charge on any atom is -0.389 e. The van der Waals surface area contributed by atoms with Gasteiger partial charge in [-0.2, -0.15) is 0 Å². The second-order valence-corrected chi connectivity index (χ2v) is 6.06. The van der Waals surface area contributed by atoms with Gasteiger partial charge >= 0.3 is 0 Å². The fourth-order valence-corrected chi connectivity index (χ4v) is 2.03. The van der Waals surface area contributed by atoms with Crippen molar-refractivity contribution in [3.05, 3.63) is 24.4 Å². The third-order valence-corrected chi connectivity index (χ3v) is 3.73. The number of hydrogen-bond donors (Lipinski definition) is 1. The first kappa shape index (κ1) is 18.9. The molecule has 0 amide bonds. The molecule has 20 heavy (non-hydrogen) atoms. The maximum Gasteiger partial charge on any atom is 0.132 e. The molecule has 0 aliphatic rings. The lowest BCUT2D eigenvalue weighted by Gasteiger charge is -2.11. The van der Waals surface area contributed by atoms with E-state index in [9.17, 15) is 4.79 Å². The zero-order chi connectivity index (χ0) is 15.4. The molecule has 0 radical (unpaired) electrons. The highest BCUT2D eigenvalue weighted by Crippen LogP contribution is 2.11. The van der Waals surface area contributed by atoms with E-state index >= 15 is 0 Å². The topological polar surface area (TPSA) is 29.1 Å². The monoisotopic (exact) mass is 279 g/mol. The molecule has 0 aromatic rings. The van der Waals surface area contributed by atoms with Gasteiger partial charge in [-0.25, -0.2) is 0 Å². The number of allylic oxidation sites excluding steroid dienone is 2. The number of Topliss-reactive ketones (excluding diaryl/α,β-unsaturated/α-hetero) is 1. The van der Waals surface area contributed by atoms with Gasteiger partial charge in [-0.05, 0) is 46.0 Å². The van der Waals surface area contributed by atoms with Crippen molar-refractivity contribution in [2.45, 2.75) is 72.1 Å². The summed E-state index contributed by atoms with van der Waals surface area (Å²) in [5.74, 6) is 0.425. The summed E-state index contributed by atoms with van der Waals surface area (Å²) in [6.07, 6.45) is 9.35. The summed E-state index contributed by atoms with van der Waals surface area (Å²) in [6, 6.07) is 0. The fourth-order valence-electron chi connectivity index (χ4n) is 2.03. The normalized spacial score (nSPS) is 11.9. The van der Waals surface area contributed by atoms with Crippen LogP contribution in [0.3, 0.4) is 0 Å². The molecule has 1 unspecified atom stereocenters. The van der Waals surface area contributed by atoms with Crippen molar-refractivity contribution in [1.29, 1.82) is 0 Å². The van der Waals surface area contributed by atoms with E-state index < -0.39 is 0 Å². The van der Waals surface area contributed by atoms with Crippen molar-refractivity contribution in [2.24, 2.45) is 5.92 Å². The molecular weight excluding hydrogens is 246 g/mol. The van der Waals surface area contributed by atoms with E-state index in [1.54, 1.807) is 6.92 Å². The van der Waals surface area contributed by atoms with E-state index in [1.807, 2.05) is 6.92 Å². The van der Waals surface area contributed by atoms with Crippen LogP contribution in [0.5, 0.6) is 0 Å². The summed E-state index contributed by atoms with van der Waals surface area (Å²) in [6.45, 7) is 14.7. The van der Waals surface area contributed by atoms with Gasteiger partial charge in [0.05, 0.1) is 0 Å². The predicted octanol–water partition coefficient (Wildman–Crippen LogP) is 5.01. The molecule has 0 aliphatic heterocycles. The van der Waals surface area contributed by atoms with Crippen LogP contribution in [-0.2, 0) is 4.79 Å². The van der Waals surface area contributed by atoms with E-state index in [0.717, 1.165) is 25.1 Å². The molecule has 116 valence electrons. The van der Waals surface area contributed by atoms with E-state index in [2.05, 4.69) is 25.4 Å². The van der Waals surface area contributed by atoms with Crippen LogP contribution in [-0.4, -0.2) is 12.3 Å². The fraction of sp³-hybridized carbons (Fsp3) is 0.722. The summed E-state index contributed by atoms with van der Waals surface area (Å²) in [5.41, 5.74) is 2.36. The summed E-state index contributed by atoms with van der Waals surface area (Å²) in [4.78, 5) is 11.1. The van der Waals surface area contributed by atoms with Gasteiger partial charge in [-0.3, -0.25) is 4.79 Å². The number of rotatable bonds is 13. The lowest BCUT2D eigenvalue weighted by atomic mass is 10.0. The van der Waals surface area contributed by atoms with Crippen LogP contribution in [0.4, 0.5) is 0 Å². The molecular formula is C18H33NO. The van der Waals surface area contributed by atoms with Crippen molar-refractivity contribution in [3.8, 4) is 0 Å². The molecule has 2 nitrogen and oxygen atoms in total. The third-order valence-electron chi connectivity index (χ3n) is 3.73. The minimum absolute atomic E-state index is 0.155. The molecule has 0 saturated carbocycles. The number of unbranched alkanes of at least 4 members (excludes halogenated alkanes) is 4. The first-order valence-corrected chi connectivity index (χ1v) is 8.00. The lowest BCUT2D eigenvalue weighted by Crippen LogP contribution is -2.15. The predicted molar refractivity (Wildman–Crippen MR) is 88.7 cm³/mol.